The highest BCUT2D eigenvalue weighted by Crippen LogP contribution is 2.35. The van der Waals surface area contributed by atoms with Gasteiger partial charge in [0.1, 0.15) is 11.6 Å². The molecule has 100 valence electrons. The van der Waals surface area contributed by atoms with Gasteiger partial charge in [-0.2, -0.15) is 0 Å². The zero-order valence-corrected chi connectivity index (χ0v) is 15.0. The molecule has 2 aromatic rings. The molecule has 0 aliphatic rings. The number of ketones is 1. The number of methoxy groups -OCH3 is 1. The van der Waals surface area contributed by atoms with E-state index < -0.39 is 5.82 Å². The van der Waals surface area contributed by atoms with Crippen LogP contribution in [0.3, 0.4) is 0 Å². The number of halogens is 4. The largest absolute Gasteiger partial charge is 0.496 e. The van der Waals surface area contributed by atoms with Crippen molar-refractivity contribution in [3.05, 3.63) is 47.2 Å². The molecule has 0 amide bonds. The molecular formula is C12H6Br3FO2S. The van der Waals surface area contributed by atoms with Gasteiger partial charge in [-0.15, -0.1) is 11.3 Å². The summed E-state index contributed by atoms with van der Waals surface area (Å²) in [6.45, 7) is 0. The Morgan fingerprint density at radius 1 is 1.21 bits per heavy atom. The molecule has 0 fully saturated rings. The van der Waals surface area contributed by atoms with Gasteiger partial charge in [0.15, 0.2) is 0 Å². The predicted octanol–water partition coefficient (Wildman–Crippen LogP) is 5.41. The van der Waals surface area contributed by atoms with Crippen LogP contribution in [-0.2, 0) is 0 Å². The summed E-state index contributed by atoms with van der Waals surface area (Å²) in [5.74, 6) is -0.470. The molecule has 2 nitrogen and oxygen atoms in total. The fraction of sp³-hybridized carbons (Fsp3) is 0.0833. The van der Waals surface area contributed by atoms with Crippen LogP contribution in [0.25, 0.3) is 0 Å². The molecule has 0 saturated heterocycles. The van der Waals surface area contributed by atoms with E-state index in [0.29, 0.717) is 10.4 Å². The van der Waals surface area contributed by atoms with E-state index in [2.05, 4.69) is 47.8 Å². The number of ether oxygens (including phenoxy) is 1. The highest BCUT2D eigenvalue weighted by Gasteiger charge is 2.20. The molecule has 0 unspecified atom stereocenters. The van der Waals surface area contributed by atoms with Gasteiger partial charge in [0.25, 0.3) is 0 Å². The number of hydrogen-bond donors (Lipinski definition) is 0. The maximum atomic E-state index is 13.4. The molecular weight excluding hydrogens is 467 g/mol. The lowest BCUT2D eigenvalue weighted by Gasteiger charge is -2.08. The van der Waals surface area contributed by atoms with Crippen LogP contribution in [0.5, 0.6) is 5.75 Å². The minimum Gasteiger partial charge on any atom is -0.496 e. The normalized spacial score (nSPS) is 10.6. The molecule has 0 N–H and O–H groups in total. The number of thiophene rings is 1. The zero-order chi connectivity index (χ0) is 14.2. The first kappa shape index (κ1) is 15.2. The van der Waals surface area contributed by atoms with E-state index in [4.69, 9.17) is 4.74 Å². The number of carbonyl (C=O) groups is 1. The summed E-state index contributed by atoms with van der Waals surface area (Å²) in [6.07, 6.45) is 0. The van der Waals surface area contributed by atoms with Crippen molar-refractivity contribution in [3.63, 3.8) is 0 Å². The molecule has 1 heterocycles. The first-order valence-corrected chi connectivity index (χ1v) is 8.16. The van der Waals surface area contributed by atoms with Gasteiger partial charge in [0, 0.05) is 10.5 Å². The Hall–Kier alpha value is -0.240. The molecule has 0 saturated carbocycles. The van der Waals surface area contributed by atoms with Crippen molar-refractivity contribution in [2.75, 3.05) is 7.11 Å². The topological polar surface area (TPSA) is 26.3 Å². The van der Waals surface area contributed by atoms with E-state index in [-0.39, 0.29) is 16.0 Å². The van der Waals surface area contributed by atoms with E-state index in [9.17, 15) is 9.18 Å². The third kappa shape index (κ3) is 3.09. The van der Waals surface area contributed by atoms with Crippen LogP contribution in [0.1, 0.15) is 15.2 Å². The van der Waals surface area contributed by atoms with Crippen LogP contribution < -0.4 is 4.74 Å². The Balaban J connectivity index is 2.52. The van der Waals surface area contributed by atoms with E-state index in [0.717, 1.165) is 8.26 Å². The van der Waals surface area contributed by atoms with Crippen LogP contribution in [0.2, 0.25) is 0 Å². The van der Waals surface area contributed by atoms with Gasteiger partial charge in [-0.1, -0.05) is 0 Å². The van der Waals surface area contributed by atoms with Crippen LogP contribution in [0.15, 0.2) is 30.9 Å². The second-order valence-corrected chi connectivity index (χ2v) is 7.61. The summed E-state index contributed by atoms with van der Waals surface area (Å²) in [7, 11) is 1.40. The lowest BCUT2D eigenvalue weighted by atomic mass is 10.1. The highest BCUT2D eigenvalue weighted by atomic mass is 79.9. The van der Waals surface area contributed by atoms with Crippen LogP contribution in [0, 0.1) is 5.82 Å². The van der Waals surface area contributed by atoms with Crippen molar-refractivity contribution in [3.8, 4) is 5.75 Å². The number of hydrogen-bond acceptors (Lipinski definition) is 3. The van der Waals surface area contributed by atoms with Gasteiger partial charge in [-0.25, -0.2) is 4.39 Å². The molecule has 0 aliphatic carbocycles. The number of rotatable bonds is 3. The molecule has 0 atom stereocenters. The van der Waals surface area contributed by atoms with Crippen LogP contribution in [-0.4, -0.2) is 12.9 Å². The molecule has 0 aliphatic heterocycles. The average Bonchev–Trinajstić information content (AvgIpc) is 2.71. The van der Waals surface area contributed by atoms with Crippen LogP contribution >= 0.6 is 59.1 Å². The first-order chi connectivity index (χ1) is 8.93. The summed E-state index contributed by atoms with van der Waals surface area (Å²) >= 11 is 11.0. The van der Waals surface area contributed by atoms with Crippen molar-refractivity contribution in [2.24, 2.45) is 0 Å². The maximum Gasteiger partial charge on any atom is 0.206 e. The van der Waals surface area contributed by atoms with Crippen molar-refractivity contribution in [1.82, 2.24) is 0 Å². The Labute approximate surface area is 138 Å². The Morgan fingerprint density at radius 3 is 2.42 bits per heavy atom. The van der Waals surface area contributed by atoms with Gasteiger partial charge < -0.3 is 4.74 Å². The minimum absolute atomic E-state index is 0.214. The van der Waals surface area contributed by atoms with Crippen molar-refractivity contribution < 1.29 is 13.9 Å². The molecule has 0 bridgehead atoms. The van der Waals surface area contributed by atoms with E-state index in [1.54, 1.807) is 6.07 Å². The van der Waals surface area contributed by atoms with Gasteiger partial charge in [0.2, 0.25) is 5.78 Å². The Morgan fingerprint density at radius 2 is 1.89 bits per heavy atom. The molecule has 2 rings (SSSR count). The van der Waals surface area contributed by atoms with Crippen molar-refractivity contribution in [1.29, 1.82) is 0 Å². The lowest BCUT2D eigenvalue weighted by Crippen LogP contribution is -2.03. The monoisotopic (exact) mass is 470 g/mol. The molecule has 0 radical (unpaired) electrons. The smallest absolute Gasteiger partial charge is 0.206 e. The van der Waals surface area contributed by atoms with Gasteiger partial charge in [-0.3, -0.25) is 4.79 Å². The fourth-order valence-electron chi connectivity index (χ4n) is 1.47. The predicted molar refractivity (Wildman–Crippen MR) is 83.8 cm³/mol. The second-order valence-electron chi connectivity index (χ2n) is 3.53. The third-order valence-corrected chi connectivity index (χ3v) is 6.22. The van der Waals surface area contributed by atoms with Gasteiger partial charge >= 0.3 is 0 Å². The summed E-state index contributed by atoms with van der Waals surface area (Å²) in [5.41, 5.74) is 0.317. The van der Waals surface area contributed by atoms with Crippen molar-refractivity contribution in [2.45, 2.75) is 0 Å². The fourth-order valence-corrected chi connectivity index (χ4v) is 3.80. The summed E-state index contributed by atoms with van der Waals surface area (Å²) in [6, 6.07) is 4.33. The summed E-state index contributed by atoms with van der Waals surface area (Å²) in [4.78, 5) is 12.9. The quantitative estimate of drug-likeness (QED) is 0.558. The minimum atomic E-state index is -0.470. The van der Waals surface area contributed by atoms with Gasteiger partial charge in [-0.05, 0) is 59.9 Å². The molecule has 7 heteroatoms. The standard InChI is InChI=1S/C12H6Br3FO2S/c1-18-9-4-8(16)6(13)2-5(9)11(17)10-3-7(14)12(15)19-10/h2-4H,1H3. The van der Waals surface area contributed by atoms with E-state index in [1.165, 1.54) is 30.6 Å². The number of carbonyl (C=O) groups excluding carboxylic acids is 1. The zero-order valence-electron chi connectivity index (χ0n) is 9.47. The summed E-state index contributed by atoms with van der Waals surface area (Å²) < 4.78 is 20.4. The highest BCUT2D eigenvalue weighted by molar-refractivity contribution is 9.13. The third-order valence-electron chi connectivity index (χ3n) is 2.36. The first-order valence-electron chi connectivity index (χ1n) is 4.96. The Bertz CT molecular complexity index is 635. The lowest BCUT2D eigenvalue weighted by molar-refractivity contribution is 0.103. The van der Waals surface area contributed by atoms with E-state index in [1.807, 2.05) is 0 Å². The van der Waals surface area contributed by atoms with Gasteiger partial charge in [0.05, 0.1) is 25.8 Å². The van der Waals surface area contributed by atoms with Crippen molar-refractivity contribution >= 4 is 64.9 Å². The molecule has 1 aromatic carbocycles. The van der Waals surface area contributed by atoms with Crippen LogP contribution in [0.4, 0.5) is 4.39 Å². The second kappa shape index (κ2) is 6.03. The summed E-state index contributed by atoms with van der Waals surface area (Å²) in [5, 5.41) is 0. The number of benzene rings is 1. The Kier molecular flexibility index (Phi) is 4.81. The average molecular weight is 473 g/mol. The molecule has 0 spiro atoms. The maximum absolute atomic E-state index is 13.4. The molecule has 19 heavy (non-hydrogen) atoms. The molecule has 1 aromatic heterocycles. The van der Waals surface area contributed by atoms with E-state index >= 15 is 0 Å². The SMILES string of the molecule is COc1cc(F)c(Br)cc1C(=O)c1cc(Br)c(Br)s1.